The summed E-state index contributed by atoms with van der Waals surface area (Å²) in [4.78, 5) is 17.7. The van der Waals surface area contributed by atoms with Crippen molar-refractivity contribution in [3.63, 3.8) is 0 Å². The molecule has 0 amide bonds. The molecule has 1 aromatic heterocycles. The number of fused-ring (bicyclic) bond motifs is 3. The maximum Gasteiger partial charge on any atom is 0.329 e. The van der Waals surface area contributed by atoms with E-state index in [9.17, 15) is 9.90 Å². The van der Waals surface area contributed by atoms with Gasteiger partial charge in [-0.3, -0.25) is 4.98 Å². The number of carboxylic acids is 1. The minimum absolute atomic E-state index is 0.138. The summed E-state index contributed by atoms with van der Waals surface area (Å²) in [6.07, 6.45) is 9.87. The molecular weight excluding hydrogens is 632 g/mol. The third-order valence-corrected chi connectivity index (χ3v) is 11.9. The second-order valence-corrected chi connectivity index (χ2v) is 15.2. The van der Waals surface area contributed by atoms with E-state index in [-0.39, 0.29) is 5.41 Å². The number of pyridine rings is 1. The second kappa shape index (κ2) is 13.7. The van der Waals surface area contributed by atoms with Crippen molar-refractivity contribution < 1.29 is 19.4 Å². The Bertz CT molecular complexity index is 1830. The molecule has 49 heavy (non-hydrogen) atoms. The SMILES string of the molecule is COc1ccccc1-c1ccc2c(c1)C1(CCC(Nc3cccc(Cl)c3)(C(=O)O)CC1)C(C[C@@H](C)COc1ccnc3c1[C@H](C)CCC3)C2. The van der Waals surface area contributed by atoms with Crippen molar-refractivity contribution in [1.29, 1.82) is 0 Å². The second-order valence-electron chi connectivity index (χ2n) is 14.8. The Morgan fingerprint density at radius 2 is 1.86 bits per heavy atom. The molecule has 0 bridgehead atoms. The minimum Gasteiger partial charge on any atom is -0.496 e. The lowest BCUT2D eigenvalue weighted by atomic mass is 9.59. The van der Waals surface area contributed by atoms with Gasteiger partial charge in [0.2, 0.25) is 0 Å². The molecule has 3 atom stereocenters. The maximum absolute atomic E-state index is 13.0. The Labute approximate surface area is 295 Å². The van der Waals surface area contributed by atoms with Crippen molar-refractivity contribution in [2.24, 2.45) is 11.8 Å². The van der Waals surface area contributed by atoms with E-state index in [0.717, 1.165) is 60.4 Å². The Morgan fingerprint density at radius 1 is 1.04 bits per heavy atom. The molecule has 256 valence electrons. The first-order chi connectivity index (χ1) is 23.7. The topological polar surface area (TPSA) is 80.7 Å². The van der Waals surface area contributed by atoms with Crippen molar-refractivity contribution in [1.82, 2.24) is 4.98 Å². The van der Waals surface area contributed by atoms with Crippen LogP contribution in [0, 0.1) is 11.8 Å². The summed E-state index contributed by atoms with van der Waals surface area (Å²) in [5, 5.41) is 14.7. The summed E-state index contributed by atoms with van der Waals surface area (Å²) < 4.78 is 12.3. The van der Waals surface area contributed by atoms with E-state index in [1.54, 1.807) is 7.11 Å². The standard InChI is InChI=1S/C42H47ClN2O4/c1-27(26-49-38-16-21-44-36-12-6-8-28(2)39(36)38)22-31-23-30-15-14-29(34-11-4-5-13-37(34)48-3)24-35(30)41(31)17-19-42(20-18-41,40(46)47)45-33-10-7-9-32(43)25-33/h4-5,7,9-11,13-16,21,24-25,27-28,31,45H,6,8,12,17-20,22-23,26H2,1-3H3,(H,46,47)/t27-,28-,31?,41?,42?/m1/s1. The zero-order valence-electron chi connectivity index (χ0n) is 28.8. The van der Waals surface area contributed by atoms with Crippen LogP contribution in [-0.2, 0) is 23.1 Å². The molecular formula is C42H47ClN2O4. The van der Waals surface area contributed by atoms with Crippen molar-refractivity contribution >= 4 is 23.3 Å². The first kappa shape index (κ1) is 33.5. The van der Waals surface area contributed by atoms with Gasteiger partial charge in [-0.2, -0.15) is 0 Å². The van der Waals surface area contributed by atoms with Crippen molar-refractivity contribution in [3.8, 4) is 22.6 Å². The van der Waals surface area contributed by atoms with E-state index in [1.807, 2.05) is 48.7 Å². The number of anilines is 1. The Kier molecular flexibility index (Phi) is 9.36. The Hall–Kier alpha value is -4.03. The number of hydrogen-bond donors (Lipinski definition) is 2. The average molecular weight is 679 g/mol. The summed E-state index contributed by atoms with van der Waals surface area (Å²) in [6.45, 7) is 5.24. The van der Waals surface area contributed by atoms with Gasteiger partial charge in [-0.25, -0.2) is 4.79 Å². The molecule has 2 N–H and O–H groups in total. The summed E-state index contributed by atoms with van der Waals surface area (Å²) in [6, 6.07) is 24.5. The number of benzene rings is 3. The third kappa shape index (κ3) is 6.40. The van der Waals surface area contributed by atoms with Crippen molar-refractivity contribution in [2.45, 2.75) is 88.5 Å². The summed E-state index contributed by atoms with van der Waals surface area (Å²) in [7, 11) is 1.72. The van der Waals surface area contributed by atoms with Crippen LogP contribution in [0.1, 0.15) is 87.1 Å². The van der Waals surface area contributed by atoms with E-state index in [2.05, 4.69) is 54.5 Å². The van der Waals surface area contributed by atoms with Crippen LogP contribution in [0.15, 0.2) is 79.0 Å². The van der Waals surface area contributed by atoms with Gasteiger partial charge in [-0.05, 0) is 128 Å². The van der Waals surface area contributed by atoms with Gasteiger partial charge in [0.15, 0.2) is 0 Å². The molecule has 3 aliphatic carbocycles. The third-order valence-electron chi connectivity index (χ3n) is 11.7. The van der Waals surface area contributed by atoms with Crippen LogP contribution in [0.5, 0.6) is 11.5 Å². The maximum atomic E-state index is 13.0. The summed E-state index contributed by atoms with van der Waals surface area (Å²) >= 11 is 6.29. The van der Waals surface area contributed by atoms with Crippen LogP contribution in [0.25, 0.3) is 11.1 Å². The molecule has 1 saturated carbocycles. The van der Waals surface area contributed by atoms with Crippen LogP contribution in [0.3, 0.4) is 0 Å². The van der Waals surface area contributed by atoms with E-state index in [1.165, 1.54) is 35.2 Å². The molecule has 0 saturated heterocycles. The van der Waals surface area contributed by atoms with E-state index < -0.39 is 11.5 Å². The molecule has 7 heteroatoms. The number of hydrogen-bond acceptors (Lipinski definition) is 5. The highest BCUT2D eigenvalue weighted by Crippen LogP contribution is 2.57. The highest BCUT2D eigenvalue weighted by Gasteiger charge is 2.54. The Balaban J connectivity index is 1.18. The Morgan fingerprint density at radius 3 is 2.63 bits per heavy atom. The first-order valence-electron chi connectivity index (χ1n) is 17.9. The predicted octanol–water partition coefficient (Wildman–Crippen LogP) is 9.88. The number of carbonyl (C=O) groups is 1. The quantitative estimate of drug-likeness (QED) is 0.174. The van der Waals surface area contributed by atoms with Gasteiger partial charge in [-0.15, -0.1) is 0 Å². The number of nitrogens with one attached hydrogen (secondary N) is 1. The van der Waals surface area contributed by atoms with Gasteiger partial charge in [0.25, 0.3) is 0 Å². The molecule has 0 radical (unpaired) electrons. The van der Waals surface area contributed by atoms with Crippen LogP contribution < -0.4 is 14.8 Å². The number of aryl methyl sites for hydroxylation is 1. The highest BCUT2D eigenvalue weighted by atomic mass is 35.5. The minimum atomic E-state index is -1.06. The van der Waals surface area contributed by atoms with Gasteiger partial charge in [0, 0.05) is 33.7 Å². The number of methoxy groups -OCH3 is 1. The highest BCUT2D eigenvalue weighted by molar-refractivity contribution is 6.30. The van der Waals surface area contributed by atoms with Gasteiger partial charge >= 0.3 is 5.97 Å². The zero-order valence-corrected chi connectivity index (χ0v) is 29.6. The van der Waals surface area contributed by atoms with Gasteiger partial charge in [0.05, 0.1) is 13.7 Å². The molecule has 4 aromatic rings. The van der Waals surface area contributed by atoms with Crippen LogP contribution in [0.4, 0.5) is 5.69 Å². The molecule has 3 aromatic carbocycles. The van der Waals surface area contributed by atoms with Crippen LogP contribution >= 0.6 is 11.6 Å². The lowest BCUT2D eigenvalue weighted by Gasteiger charge is -2.47. The first-order valence-corrected chi connectivity index (χ1v) is 18.2. The monoisotopic (exact) mass is 678 g/mol. The molecule has 1 heterocycles. The number of aromatic nitrogens is 1. The largest absolute Gasteiger partial charge is 0.496 e. The summed E-state index contributed by atoms with van der Waals surface area (Å²) in [5.41, 5.74) is 6.97. The lowest BCUT2D eigenvalue weighted by molar-refractivity contribution is -0.144. The number of ether oxygens (including phenoxy) is 2. The molecule has 1 spiro atoms. The zero-order chi connectivity index (χ0) is 34.2. The van der Waals surface area contributed by atoms with Crippen molar-refractivity contribution in [3.05, 3.63) is 106 Å². The molecule has 1 fully saturated rings. The molecule has 6 nitrogen and oxygen atoms in total. The van der Waals surface area contributed by atoms with E-state index in [0.29, 0.717) is 42.2 Å². The van der Waals surface area contributed by atoms with E-state index in [4.69, 9.17) is 21.1 Å². The average Bonchev–Trinajstić information content (AvgIpc) is 3.39. The van der Waals surface area contributed by atoms with Gasteiger partial charge in [0.1, 0.15) is 17.0 Å². The normalized spacial score (nSPS) is 24.9. The lowest BCUT2D eigenvalue weighted by Crippen LogP contribution is -2.53. The number of nitrogens with zero attached hydrogens (tertiary/aromatic N) is 1. The fourth-order valence-electron chi connectivity index (χ4n) is 9.15. The van der Waals surface area contributed by atoms with E-state index >= 15 is 0 Å². The molecule has 1 unspecified atom stereocenters. The van der Waals surface area contributed by atoms with Crippen LogP contribution in [0.2, 0.25) is 5.02 Å². The number of carboxylic acid groups (broad SMARTS) is 1. The smallest absolute Gasteiger partial charge is 0.329 e. The molecule has 7 rings (SSSR count). The number of halogens is 1. The number of para-hydroxylation sites is 1. The number of aliphatic carboxylic acids is 1. The number of rotatable bonds is 10. The summed E-state index contributed by atoms with van der Waals surface area (Å²) in [5.74, 6) is 2.19. The fraction of sp³-hybridized carbons (Fsp3) is 0.429. The molecule has 0 aliphatic heterocycles. The molecule has 3 aliphatic rings. The van der Waals surface area contributed by atoms with Gasteiger partial charge in [-0.1, -0.05) is 67.9 Å². The van der Waals surface area contributed by atoms with Gasteiger partial charge < -0.3 is 19.9 Å². The van der Waals surface area contributed by atoms with Crippen molar-refractivity contribution in [2.75, 3.05) is 19.0 Å². The predicted molar refractivity (Wildman–Crippen MR) is 196 cm³/mol. The van der Waals surface area contributed by atoms with Crippen LogP contribution in [-0.4, -0.2) is 35.3 Å². The fourth-order valence-corrected chi connectivity index (χ4v) is 9.34.